The average molecular weight is 668 g/mol. The number of hydrogen-bond donors (Lipinski definition) is 0. The zero-order valence-electron chi connectivity index (χ0n) is 6.15. The molecule has 12 heavy (non-hydrogen) atoms. The Hall–Kier alpha value is 6.92. The van der Waals surface area contributed by atoms with Gasteiger partial charge < -0.3 is 0 Å². The zero-order chi connectivity index (χ0) is 4.24. The van der Waals surface area contributed by atoms with E-state index in [1.54, 1.807) is 0 Å². The van der Waals surface area contributed by atoms with Crippen molar-refractivity contribution in [2.24, 2.45) is 0 Å². The minimum atomic E-state index is 0. The average Bonchev–Trinajstić information content (AvgIpc) is 1.72. The quantitative estimate of drug-likeness (QED) is 0.422. The molecule has 0 unspecified atom stereocenters. The van der Waals surface area contributed by atoms with Gasteiger partial charge in [0.1, 0.15) is 0 Å². The predicted octanol–water partition coefficient (Wildman–Crippen LogP) is 1.60. The summed E-state index contributed by atoms with van der Waals surface area (Å²) in [4.78, 5) is 0. The Morgan fingerprint density at radius 2 is 0.583 bits per heavy atom. The Kier molecular flexibility index (Phi) is 93.2. The molecule has 1 aromatic rings. The van der Waals surface area contributed by atoms with Crippen LogP contribution in [0.15, 0.2) is 0 Å². The second-order valence-electron chi connectivity index (χ2n) is 0.537. The minimum Gasteiger partial charge on any atom is -0.166 e. The Morgan fingerprint density at radius 3 is 0.667 bits per heavy atom. The molecule has 0 fully saturated rings. The van der Waals surface area contributed by atoms with Crippen molar-refractivity contribution in [3.63, 3.8) is 0 Å². The first kappa shape index (κ1) is 36.4. The third kappa shape index (κ3) is 25.7. The molecule has 12 heteroatoms. The fraction of sp³-hybridized carbons (Fsp3) is 0. The van der Waals surface area contributed by atoms with Crippen LogP contribution in [-0.2, 0) is 196 Å². The predicted molar refractivity (Wildman–Crippen MR) is 27.4 cm³/mol. The van der Waals surface area contributed by atoms with Gasteiger partial charge in [0.25, 0.3) is 0 Å². The van der Waals surface area contributed by atoms with E-state index >= 15 is 0 Å². The topological polar surface area (TPSA) is 38.7 Å². The minimum absolute atomic E-state index is 0. The van der Waals surface area contributed by atoms with Gasteiger partial charge in [0.2, 0.25) is 0 Å². The maximum atomic E-state index is 3.78. The summed E-state index contributed by atoms with van der Waals surface area (Å²) in [5, 5.41) is 0. The van der Waals surface area contributed by atoms with Crippen molar-refractivity contribution in [3.05, 3.63) is 0 Å². The van der Waals surface area contributed by atoms with E-state index in [0.29, 0.717) is 0 Å². The van der Waals surface area contributed by atoms with Crippen molar-refractivity contribution >= 4 is 25.5 Å². The molecule has 6 radical (unpaired) electrons. The summed E-state index contributed by atoms with van der Waals surface area (Å²) in [6.45, 7) is 0. The molecule has 0 bridgehead atoms. The summed E-state index contributed by atoms with van der Waals surface area (Å²) < 4.78 is 11.3. The molecule has 1 rings (SSSR count). The van der Waals surface area contributed by atoms with E-state index < -0.39 is 0 Å². The van der Waals surface area contributed by atoms with Crippen LogP contribution in [0.3, 0.4) is 0 Å². The molecule has 0 aromatic carbocycles. The molecule has 0 atom stereocenters. The van der Waals surface area contributed by atoms with Crippen molar-refractivity contribution in [1.82, 2.24) is 13.5 Å². The first-order valence-electron chi connectivity index (χ1n) is 1.20. The third-order valence-electron chi connectivity index (χ3n) is 0.240. The molecule has 3 nitrogen and oxygen atoms in total. The van der Waals surface area contributed by atoms with E-state index in [1.807, 2.05) is 0 Å². The molecule has 48 valence electrons. The first-order valence-corrected chi connectivity index (χ1v) is 3.60. The molecule has 0 aliphatic carbocycles. The van der Waals surface area contributed by atoms with Gasteiger partial charge in [0.05, 0.1) is 0 Å². The summed E-state index contributed by atoms with van der Waals surface area (Å²) in [6.07, 6.45) is 0. The first-order chi connectivity index (χ1) is 3.00. The van der Waals surface area contributed by atoms with E-state index in [0.717, 1.165) is 25.5 Å². The Morgan fingerprint density at radius 1 is 0.417 bits per heavy atom. The normalized spacial score (nSPS) is 6.00. The largest absolute Gasteiger partial charge is 0.166 e. The zero-order valence-corrected chi connectivity index (χ0v) is 25.9. The number of nitrogens with zero attached hydrogens (tertiary/aromatic N) is 3. The fourth-order valence-electron chi connectivity index (χ4n) is 0.107. The summed E-state index contributed by atoms with van der Waals surface area (Å²) in [5.41, 5.74) is 0. The van der Waals surface area contributed by atoms with Crippen LogP contribution >= 0.6 is 25.5 Å². The van der Waals surface area contributed by atoms with Gasteiger partial charge in [-0.05, 0) is 0 Å². The number of aromatic nitrogens is 3. The molecule has 0 saturated carbocycles. The van der Waals surface area contributed by atoms with Crippen molar-refractivity contribution < 1.29 is 196 Å². The molecule has 0 spiro atoms. The van der Waals surface area contributed by atoms with Crippen LogP contribution in [0.5, 0.6) is 0 Å². The maximum absolute atomic E-state index is 3.78. The molecule has 1 heterocycles. The van der Waals surface area contributed by atoms with Crippen molar-refractivity contribution in [1.29, 1.82) is 0 Å². The van der Waals surface area contributed by atoms with E-state index in [-0.39, 0.29) is 196 Å². The van der Waals surface area contributed by atoms with Crippen LogP contribution in [-0.4, -0.2) is 13.5 Å². The van der Waals surface area contributed by atoms with Crippen LogP contribution in [0.1, 0.15) is 0 Å². The second-order valence-corrected chi connectivity index (χ2v) is 3.22. The summed E-state index contributed by atoms with van der Waals surface area (Å²) in [7, 11) is 2.49. The monoisotopic (exact) mass is 668 g/mol. The van der Waals surface area contributed by atoms with Gasteiger partial charge >= 0.3 is 0 Å². The Bertz CT molecular complexity index is 90.0. The van der Waals surface area contributed by atoms with E-state index in [4.69, 9.17) is 0 Å². The Labute approximate surface area is 228 Å². The SMILES string of the molecule is [Y].[Y].[Y].[Y].[Y].[Y].n1pnpnp1. The van der Waals surface area contributed by atoms with Gasteiger partial charge in [0, 0.05) is 196 Å². The van der Waals surface area contributed by atoms with Crippen molar-refractivity contribution in [2.45, 2.75) is 0 Å². The van der Waals surface area contributed by atoms with Crippen LogP contribution in [0.25, 0.3) is 0 Å². The van der Waals surface area contributed by atoms with Crippen LogP contribution in [0, 0.1) is 0 Å². The molecule has 0 amide bonds. The summed E-state index contributed by atoms with van der Waals surface area (Å²) >= 11 is 0. The molecule has 0 aliphatic heterocycles. The fourth-order valence-corrected chi connectivity index (χ4v) is 1.93. The second kappa shape index (κ2) is 30.7. The van der Waals surface area contributed by atoms with Gasteiger partial charge in [-0.3, -0.25) is 0 Å². The molecular formula is N3P3Y6. The molecule has 0 saturated heterocycles. The molecular weight excluding hydrogens is 668 g/mol. The van der Waals surface area contributed by atoms with Gasteiger partial charge in [-0.2, -0.15) is 13.5 Å². The van der Waals surface area contributed by atoms with Crippen molar-refractivity contribution in [3.8, 4) is 0 Å². The standard InChI is InChI=1S/N3P3.6Y/c1-4-2-6-3-5-1;;;;;;. The number of hydrogen-bond acceptors (Lipinski definition) is 3. The molecule has 0 aliphatic rings. The van der Waals surface area contributed by atoms with Gasteiger partial charge in [0.15, 0.2) is 25.5 Å². The van der Waals surface area contributed by atoms with Crippen LogP contribution in [0.2, 0.25) is 0 Å². The smallest absolute Gasteiger partial charge is 0.166 e. The van der Waals surface area contributed by atoms with Gasteiger partial charge in [-0.15, -0.1) is 0 Å². The van der Waals surface area contributed by atoms with E-state index in [2.05, 4.69) is 13.5 Å². The molecule has 0 N–H and O–H groups in total. The summed E-state index contributed by atoms with van der Waals surface area (Å²) in [5.74, 6) is 0. The number of rotatable bonds is 0. The van der Waals surface area contributed by atoms with Crippen molar-refractivity contribution in [2.75, 3.05) is 0 Å². The van der Waals surface area contributed by atoms with E-state index in [1.165, 1.54) is 0 Å². The maximum Gasteiger partial charge on any atom is 0.166 e. The summed E-state index contributed by atoms with van der Waals surface area (Å²) in [6, 6.07) is 0. The van der Waals surface area contributed by atoms with Crippen LogP contribution < -0.4 is 0 Å². The van der Waals surface area contributed by atoms with Gasteiger partial charge in [-0.1, -0.05) is 0 Å². The third-order valence-corrected chi connectivity index (χ3v) is 2.16. The Balaban J connectivity index is -0.0000000150. The van der Waals surface area contributed by atoms with Gasteiger partial charge in [-0.25, -0.2) is 0 Å². The van der Waals surface area contributed by atoms with Crippen LogP contribution in [0.4, 0.5) is 0 Å². The molecule has 1 aromatic heterocycles. The van der Waals surface area contributed by atoms with E-state index in [9.17, 15) is 0 Å².